The summed E-state index contributed by atoms with van der Waals surface area (Å²) in [5, 5.41) is 5.17. The van der Waals surface area contributed by atoms with E-state index in [1.807, 2.05) is 18.2 Å². The topological polar surface area (TPSA) is 12.0 Å². The van der Waals surface area contributed by atoms with Crippen LogP contribution in [0.4, 0.5) is 0 Å². The van der Waals surface area contributed by atoms with Gasteiger partial charge < -0.3 is 5.32 Å². The van der Waals surface area contributed by atoms with Crippen molar-refractivity contribution < 1.29 is 0 Å². The third-order valence-electron chi connectivity index (χ3n) is 3.58. The van der Waals surface area contributed by atoms with E-state index in [1.54, 1.807) is 0 Å². The first-order valence-corrected chi connectivity index (χ1v) is 8.26. The third-order valence-corrected chi connectivity index (χ3v) is 4.19. The second-order valence-electron chi connectivity index (χ2n) is 6.50. The van der Waals surface area contributed by atoms with Crippen LogP contribution in [0.2, 0.25) is 10.0 Å². The molecule has 0 bridgehead atoms. The van der Waals surface area contributed by atoms with Crippen molar-refractivity contribution in [2.24, 2.45) is 11.3 Å². The molecule has 0 aromatic heterocycles. The maximum absolute atomic E-state index is 6.31. The van der Waals surface area contributed by atoms with Crippen LogP contribution in [0.3, 0.4) is 0 Å². The van der Waals surface area contributed by atoms with Gasteiger partial charge >= 0.3 is 0 Å². The van der Waals surface area contributed by atoms with Gasteiger partial charge in [-0.15, -0.1) is 0 Å². The van der Waals surface area contributed by atoms with E-state index in [0.717, 1.165) is 35.1 Å². The van der Waals surface area contributed by atoms with Crippen LogP contribution in [-0.2, 0) is 6.42 Å². The van der Waals surface area contributed by atoms with Crippen molar-refractivity contribution in [1.29, 1.82) is 0 Å². The number of rotatable bonds is 8. The lowest BCUT2D eigenvalue weighted by atomic mass is 9.79. The van der Waals surface area contributed by atoms with Crippen molar-refractivity contribution in [3.63, 3.8) is 0 Å². The van der Waals surface area contributed by atoms with Crippen LogP contribution in [0.5, 0.6) is 0 Å². The van der Waals surface area contributed by atoms with Gasteiger partial charge in [0.2, 0.25) is 0 Å². The van der Waals surface area contributed by atoms with Gasteiger partial charge in [-0.1, -0.05) is 57.3 Å². The van der Waals surface area contributed by atoms with Crippen LogP contribution in [0, 0.1) is 11.3 Å². The van der Waals surface area contributed by atoms with Crippen molar-refractivity contribution in [3.05, 3.63) is 33.8 Å². The van der Waals surface area contributed by atoms with Gasteiger partial charge in [-0.25, -0.2) is 0 Å². The Morgan fingerprint density at radius 1 is 1.25 bits per heavy atom. The third kappa shape index (κ3) is 6.03. The van der Waals surface area contributed by atoms with Gasteiger partial charge in [0, 0.05) is 16.6 Å². The Labute approximate surface area is 134 Å². The molecule has 0 aliphatic rings. The van der Waals surface area contributed by atoms with Gasteiger partial charge in [0.05, 0.1) is 0 Å². The maximum atomic E-state index is 6.31. The lowest BCUT2D eigenvalue weighted by Gasteiger charge is -2.31. The first-order valence-electron chi connectivity index (χ1n) is 7.51. The minimum atomic E-state index is 0.220. The number of halogens is 2. The first-order chi connectivity index (χ1) is 9.36. The zero-order valence-corrected chi connectivity index (χ0v) is 14.6. The van der Waals surface area contributed by atoms with Gasteiger partial charge in [-0.2, -0.15) is 0 Å². The van der Waals surface area contributed by atoms with Crippen LogP contribution in [0.15, 0.2) is 18.2 Å². The zero-order valence-electron chi connectivity index (χ0n) is 13.1. The summed E-state index contributed by atoms with van der Waals surface area (Å²) in [6, 6.07) is 5.74. The van der Waals surface area contributed by atoms with E-state index in [4.69, 9.17) is 23.2 Å². The predicted molar refractivity (Wildman–Crippen MR) is 90.9 cm³/mol. The molecule has 0 spiro atoms. The van der Waals surface area contributed by atoms with Gasteiger partial charge in [0.25, 0.3) is 0 Å². The SMILES string of the molecule is CCCC(C)(CNCC(C)C)Cc1cc(Cl)ccc1Cl. The Balaban J connectivity index is 2.76. The highest BCUT2D eigenvalue weighted by Gasteiger charge is 2.24. The molecule has 0 saturated carbocycles. The van der Waals surface area contributed by atoms with E-state index in [-0.39, 0.29) is 5.41 Å². The van der Waals surface area contributed by atoms with Crippen molar-refractivity contribution in [2.75, 3.05) is 13.1 Å². The van der Waals surface area contributed by atoms with E-state index in [9.17, 15) is 0 Å². The zero-order chi connectivity index (χ0) is 15.2. The number of hydrogen-bond donors (Lipinski definition) is 1. The molecule has 0 aliphatic heterocycles. The lowest BCUT2D eigenvalue weighted by molar-refractivity contribution is 0.271. The van der Waals surface area contributed by atoms with E-state index in [1.165, 1.54) is 12.8 Å². The molecule has 0 heterocycles. The molecule has 1 unspecified atom stereocenters. The smallest absolute Gasteiger partial charge is 0.0439 e. The van der Waals surface area contributed by atoms with Crippen molar-refractivity contribution in [2.45, 2.75) is 47.0 Å². The fraction of sp³-hybridized carbons (Fsp3) is 0.647. The van der Waals surface area contributed by atoms with Crippen molar-refractivity contribution in [1.82, 2.24) is 5.32 Å². The standard InChI is InChI=1S/C17H27Cl2N/c1-5-8-17(4,12-20-11-13(2)3)10-14-9-15(18)6-7-16(14)19/h6-7,9,13,20H,5,8,10-12H2,1-4H3. The summed E-state index contributed by atoms with van der Waals surface area (Å²) in [6.45, 7) is 11.1. The summed E-state index contributed by atoms with van der Waals surface area (Å²) < 4.78 is 0. The highest BCUT2D eigenvalue weighted by molar-refractivity contribution is 6.33. The number of hydrogen-bond acceptors (Lipinski definition) is 1. The number of benzene rings is 1. The monoisotopic (exact) mass is 315 g/mol. The van der Waals surface area contributed by atoms with Gasteiger partial charge in [-0.05, 0) is 54.5 Å². The van der Waals surface area contributed by atoms with E-state index in [0.29, 0.717) is 5.92 Å². The Hall–Kier alpha value is -0.240. The van der Waals surface area contributed by atoms with Crippen LogP contribution in [-0.4, -0.2) is 13.1 Å². The summed E-state index contributed by atoms with van der Waals surface area (Å²) in [7, 11) is 0. The fourth-order valence-corrected chi connectivity index (χ4v) is 3.02. The molecule has 1 N–H and O–H groups in total. The Kier molecular flexibility index (Phi) is 7.36. The van der Waals surface area contributed by atoms with Crippen LogP contribution >= 0.6 is 23.2 Å². The van der Waals surface area contributed by atoms with Gasteiger partial charge in [0.1, 0.15) is 0 Å². The molecule has 20 heavy (non-hydrogen) atoms. The minimum absolute atomic E-state index is 0.220. The summed E-state index contributed by atoms with van der Waals surface area (Å²) in [6.07, 6.45) is 3.32. The largest absolute Gasteiger partial charge is 0.316 e. The van der Waals surface area contributed by atoms with Crippen LogP contribution < -0.4 is 5.32 Å². The summed E-state index contributed by atoms with van der Waals surface area (Å²) in [4.78, 5) is 0. The molecule has 0 fully saturated rings. The van der Waals surface area contributed by atoms with E-state index < -0.39 is 0 Å². The Morgan fingerprint density at radius 2 is 1.95 bits per heavy atom. The molecule has 1 rings (SSSR count). The quantitative estimate of drug-likeness (QED) is 0.659. The van der Waals surface area contributed by atoms with Crippen molar-refractivity contribution in [3.8, 4) is 0 Å². The Morgan fingerprint density at radius 3 is 2.55 bits per heavy atom. The van der Waals surface area contributed by atoms with Crippen LogP contribution in [0.25, 0.3) is 0 Å². The normalized spacial score (nSPS) is 14.6. The highest BCUT2D eigenvalue weighted by Crippen LogP contribution is 2.32. The Bertz CT molecular complexity index is 417. The lowest BCUT2D eigenvalue weighted by Crippen LogP contribution is -2.35. The van der Waals surface area contributed by atoms with Crippen molar-refractivity contribution >= 4 is 23.2 Å². The fourth-order valence-electron chi connectivity index (χ4n) is 2.64. The summed E-state index contributed by atoms with van der Waals surface area (Å²) in [5.74, 6) is 0.677. The molecule has 1 nitrogen and oxygen atoms in total. The minimum Gasteiger partial charge on any atom is -0.316 e. The first kappa shape index (κ1) is 17.8. The molecule has 3 heteroatoms. The average molecular weight is 316 g/mol. The molecule has 0 saturated heterocycles. The molecule has 0 aliphatic carbocycles. The molecular weight excluding hydrogens is 289 g/mol. The molecule has 1 atom stereocenters. The highest BCUT2D eigenvalue weighted by atomic mass is 35.5. The average Bonchev–Trinajstić information content (AvgIpc) is 2.33. The number of nitrogens with one attached hydrogen (secondary N) is 1. The summed E-state index contributed by atoms with van der Waals surface area (Å²) >= 11 is 12.4. The van der Waals surface area contributed by atoms with Gasteiger partial charge in [-0.3, -0.25) is 0 Å². The molecule has 1 aromatic rings. The molecule has 114 valence electrons. The maximum Gasteiger partial charge on any atom is 0.0439 e. The summed E-state index contributed by atoms with van der Waals surface area (Å²) in [5.41, 5.74) is 1.37. The molecule has 0 radical (unpaired) electrons. The molecule has 1 aromatic carbocycles. The predicted octanol–water partition coefficient (Wildman–Crippen LogP) is 5.59. The molecular formula is C17H27Cl2N. The molecule has 0 amide bonds. The van der Waals surface area contributed by atoms with Gasteiger partial charge in [0.15, 0.2) is 0 Å². The van der Waals surface area contributed by atoms with E-state index in [2.05, 4.69) is 33.0 Å². The second kappa shape index (κ2) is 8.26. The second-order valence-corrected chi connectivity index (χ2v) is 7.34. The van der Waals surface area contributed by atoms with Crippen LogP contribution in [0.1, 0.15) is 46.1 Å². The van der Waals surface area contributed by atoms with E-state index >= 15 is 0 Å².